The van der Waals surface area contributed by atoms with E-state index < -0.39 is 23.2 Å². The second-order valence-electron chi connectivity index (χ2n) is 6.13. The van der Waals surface area contributed by atoms with E-state index in [4.69, 9.17) is 0 Å². The summed E-state index contributed by atoms with van der Waals surface area (Å²) < 4.78 is 41.0. The van der Waals surface area contributed by atoms with Crippen molar-refractivity contribution < 1.29 is 18.0 Å². The molecular weight excluding hydrogens is 371 g/mol. The minimum atomic E-state index is -4.66. The van der Waals surface area contributed by atoms with Crippen LogP contribution in [0, 0.1) is 11.3 Å². The van der Waals surface area contributed by atoms with Crippen LogP contribution in [0.5, 0.6) is 0 Å². The molecule has 0 atom stereocenters. The van der Waals surface area contributed by atoms with E-state index in [1.165, 1.54) is 22.9 Å². The van der Waals surface area contributed by atoms with Gasteiger partial charge in [0.2, 0.25) is 0 Å². The summed E-state index contributed by atoms with van der Waals surface area (Å²) in [6.45, 7) is 2.01. The lowest BCUT2D eigenvalue weighted by molar-refractivity contribution is -0.137. The van der Waals surface area contributed by atoms with Gasteiger partial charge in [-0.2, -0.15) is 18.4 Å². The molecule has 3 aromatic rings. The van der Waals surface area contributed by atoms with Crippen LogP contribution in [0.15, 0.2) is 36.7 Å². The molecule has 0 saturated heterocycles. The fourth-order valence-electron chi connectivity index (χ4n) is 2.79. The van der Waals surface area contributed by atoms with Crippen LogP contribution >= 0.6 is 0 Å². The SMILES string of the molecule is CCCCc1cc(NC(=O)c2ccccc2C(F)(F)F)n2cnc(C#N)c2n1. The van der Waals surface area contributed by atoms with E-state index in [0.29, 0.717) is 12.1 Å². The molecule has 0 spiro atoms. The topological polar surface area (TPSA) is 83.1 Å². The van der Waals surface area contributed by atoms with Gasteiger partial charge in [0.05, 0.1) is 11.1 Å². The van der Waals surface area contributed by atoms with Crippen molar-refractivity contribution in [1.29, 1.82) is 5.26 Å². The second-order valence-corrected chi connectivity index (χ2v) is 6.13. The van der Waals surface area contributed by atoms with E-state index in [1.54, 1.807) is 6.07 Å². The Balaban J connectivity index is 2.04. The molecule has 2 heterocycles. The molecule has 144 valence electrons. The van der Waals surface area contributed by atoms with Crippen LogP contribution in [0.1, 0.15) is 47.1 Å². The molecule has 3 rings (SSSR count). The van der Waals surface area contributed by atoms with Crippen LogP contribution in [0.2, 0.25) is 0 Å². The number of imidazole rings is 1. The Kier molecular flexibility index (Phi) is 5.31. The van der Waals surface area contributed by atoms with Crippen molar-refractivity contribution in [2.75, 3.05) is 5.32 Å². The lowest BCUT2D eigenvalue weighted by Crippen LogP contribution is -2.20. The van der Waals surface area contributed by atoms with Gasteiger partial charge in [-0.3, -0.25) is 9.20 Å². The number of hydrogen-bond acceptors (Lipinski definition) is 4. The molecular formula is C19H16F3N5O. The van der Waals surface area contributed by atoms with Crippen molar-refractivity contribution in [3.63, 3.8) is 0 Å². The highest BCUT2D eigenvalue weighted by atomic mass is 19.4. The average molecular weight is 387 g/mol. The van der Waals surface area contributed by atoms with Crippen LogP contribution in [0.4, 0.5) is 19.0 Å². The molecule has 2 aromatic heterocycles. The van der Waals surface area contributed by atoms with Crippen LogP contribution in [-0.4, -0.2) is 20.3 Å². The number of aromatic nitrogens is 3. The Morgan fingerprint density at radius 3 is 2.75 bits per heavy atom. The fraction of sp³-hybridized carbons (Fsp3) is 0.263. The summed E-state index contributed by atoms with van der Waals surface area (Å²) in [5.41, 5.74) is -0.575. The number of nitrogens with zero attached hydrogens (tertiary/aromatic N) is 4. The van der Waals surface area contributed by atoms with E-state index in [2.05, 4.69) is 15.3 Å². The van der Waals surface area contributed by atoms with Gasteiger partial charge < -0.3 is 5.32 Å². The minimum absolute atomic E-state index is 0.0736. The van der Waals surface area contributed by atoms with E-state index >= 15 is 0 Å². The number of alkyl halides is 3. The number of unbranched alkanes of at least 4 members (excludes halogenated alkanes) is 1. The molecule has 1 aromatic carbocycles. The number of benzene rings is 1. The zero-order valence-corrected chi connectivity index (χ0v) is 14.9. The monoisotopic (exact) mass is 387 g/mol. The molecule has 0 saturated carbocycles. The molecule has 0 bridgehead atoms. The van der Waals surface area contributed by atoms with Gasteiger partial charge in [-0.15, -0.1) is 0 Å². The highest BCUT2D eigenvalue weighted by Gasteiger charge is 2.35. The standard InChI is InChI=1S/C19H16F3N5O/c1-2-3-6-12-9-16(27-11-24-15(10-23)17(27)25-12)26-18(28)13-7-4-5-8-14(13)19(20,21)22/h4-5,7-9,11H,2-3,6H2,1H3,(H,26,28). The average Bonchev–Trinajstić information content (AvgIpc) is 3.09. The van der Waals surface area contributed by atoms with Crippen molar-refractivity contribution in [2.24, 2.45) is 0 Å². The normalized spacial score (nSPS) is 11.4. The Morgan fingerprint density at radius 2 is 2.07 bits per heavy atom. The van der Waals surface area contributed by atoms with Gasteiger partial charge in [-0.05, 0) is 25.0 Å². The van der Waals surface area contributed by atoms with E-state index in [1.807, 2.05) is 13.0 Å². The zero-order chi connectivity index (χ0) is 20.3. The maximum absolute atomic E-state index is 13.2. The molecule has 28 heavy (non-hydrogen) atoms. The lowest BCUT2D eigenvalue weighted by atomic mass is 10.1. The number of anilines is 1. The molecule has 1 amide bonds. The van der Waals surface area contributed by atoms with Gasteiger partial charge in [0.15, 0.2) is 11.3 Å². The van der Waals surface area contributed by atoms with Gasteiger partial charge in [0.25, 0.3) is 5.91 Å². The minimum Gasteiger partial charge on any atom is -0.308 e. The van der Waals surface area contributed by atoms with Crippen molar-refractivity contribution >= 4 is 17.4 Å². The molecule has 0 aliphatic carbocycles. The third kappa shape index (κ3) is 3.81. The van der Waals surface area contributed by atoms with Crippen LogP contribution in [0.25, 0.3) is 5.65 Å². The summed E-state index contributed by atoms with van der Waals surface area (Å²) in [6.07, 6.45) is -1.00. The molecule has 0 fully saturated rings. The molecule has 0 unspecified atom stereocenters. The first-order valence-electron chi connectivity index (χ1n) is 8.59. The van der Waals surface area contributed by atoms with Gasteiger partial charge in [-0.25, -0.2) is 9.97 Å². The summed E-state index contributed by atoms with van der Waals surface area (Å²) in [7, 11) is 0. The Labute approximate surface area is 158 Å². The fourth-order valence-corrected chi connectivity index (χ4v) is 2.79. The number of fused-ring (bicyclic) bond motifs is 1. The number of amides is 1. The first kappa shape index (κ1) is 19.4. The van der Waals surface area contributed by atoms with Crippen molar-refractivity contribution in [3.05, 3.63) is 59.2 Å². The highest BCUT2D eigenvalue weighted by molar-refractivity contribution is 6.05. The molecule has 0 aliphatic heterocycles. The second kappa shape index (κ2) is 7.68. The van der Waals surface area contributed by atoms with Gasteiger partial charge in [0.1, 0.15) is 18.2 Å². The Bertz CT molecular complexity index is 1070. The maximum atomic E-state index is 13.2. The highest BCUT2D eigenvalue weighted by Crippen LogP contribution is 2.32. The van der Waals surface area contributed by atoms with E-state index in [-0.39, 0.29) is 17.2 Å². The molecule has 0 radical (unpaired) electrons. The summed E-state index contributed by atoms with van der Waals surface area (Å²) in [5, 5.41) is 11.7. The number of aryl methyl sites for hydroxylation is 1. The number of carbonyl (C=O) groups excluding carboxylic acids is 1. The summed E-state index contributed by atoms with van der Waals surface area (Å²) in [5.74, 6) is -0.707. The maximum Gasteiger partial charge on any atom is 0.417 e. The smallest absolute Gasteiger partial charge is 0.308 e. The van der Waals surface area contributed by atoms with Gasteiger partial charge in [0, 0.05) is 11.8 Å². The number of nitriles is 1. The lowest BCUT2D eigenvalue weighted by Gasteiger charge is -2.14. The number of carbonyl (C=O) groups is 1. The number of nitrogens with one attached hydrogen (secondary N) is 1. The molecule has 9 heteroatoms. The predicted molar refractivity (Wildman–Crippen MR) is 95.7 cm³/mol. The molecule has 1 N–H and O–H groups in total. The number of hydrogen-bond donors (Lipinski definition) is 1. The summed E-state index contributed by atoms with van der Waals surface area (Å²) in [4.78, 5) is 20.9. The van der Waals surface area contributed by atoms with Crippen molar-refractivity contribution in [2.45, 2.75) is 32.4 Å². The number of rotatable bonds is 5. The third-order valence-corrected chi connectivity index (χ3v) is 4.17. The van der Waals surface area contributed by atoms with Crippen LogP contribution in [0.3, 0.4) is 0 Å². The quantitative estimate of drug-likeness (QED) is 0.711. The zero-order valence-electron chi connectivity index (χ0n) is 14.9. The predicted octanol–water partition coefficient (Wildman–Crippen LogP) is 4.21. The first-order chi connectivity index (χ1) is 13.3. The first-order valence-corrected chi connectivity index (χ1v) is 8.59. The van der Waals surface area contributed by atoms with Crippen molar-refractivity contribution in [3.8, 4) is 6.07 Å². The largest absolute Gasteiger partial charge is 0.417 e. The Hall–Kier alpha value is -3.41. The van der Waals surface area contributed by atoms with Crippen molar-refractivity contribution in [1.82, 2.24) is 14.4 Å². The van der Waals surface area contributed by atoms with E-state index in [9.17, 15) is 23.2 Å². The van der Waals surface area contributed by atoms with Gasteiger partial charge in [-0.1, -0.05) is 25.5 Å². The van der Waals surface area contributed by atoms with Crippen LogP contribution in [-0.2, 0) is 12.6 Å². The molecule has 6 nitrogen and oxygen atoms in total. The Morgan fingerprint density at radius 1 is 1.32 bits per heavy atom. The van der Waals surface area contributed by atoms with Crippen LogP contribution < -0.4 is 5.32 Å². The van der Waals surface area contributed by atoms with E-state index in [0.717, 1.165) is 25.0 Å². The third-order valence-electron chi connectivity index (χ3n) is 4.17. The molecule has 0 aliphatic rings. The van der Waals surface area contributed by atoms with Gasteiger partial charge >= 0.3 is 6.18 Å². The number of halogens is 3. The summed E-state index contributed by atoms with van der Waals surface area (Å²) >= 11 is 0. The summed E-state index contributed by atoms with van der Waals surface area (Å²) in [6, 6.07) is 8.06.